The third-order valence-electron chi connectivity index (χ3n) is 8.52. The average Bonchev–Trinajstić information content (AvgIpc) is 3.14. The van der Waals surface area contributed by atoms with Crippen molar-refractivity contribution in [1.29, 1.82) is 0 Å². The molecule has 4 aliphatic rings. The van der Waals surface area contributed by atoms with Gasteiger partial charge in [-0.2, -0.15) is 0 Å². The lowest BCUT2D eigenvalue weighted by molar-refractivity contribution is -0.155. The topological polar surface area (TPSA) is 87.2 Å². The van der Waals surface area contributed by atoms with Crippen LogP contribution in [0.4, 0.5) is 0 Å². The minimum atomic E-state index is -0.909. The molecular weight excluding hydrogens is 476 g/mol. The number of ether oxygens (including phenoxy) is 1. The molecular formula is C28H42N2O5S. The summed E-state index contributed by atoms with van der Waals surface area (Å²) in [6.45, 7) is 10.7. The number of cyclic esters (lactones) is 1. The Kier molecular flexibility index (Phi) is 7.96. The fraction of sp³-hybridized carbons (Fsp3) is 0.750. The number of aliphatic hydroxyl groups is 1. The maximum atomic E-state index is 14.4. The van der Waals surface area contributed by atoms with Crippen molar-refractivity contribution < 1.29 is 24.2 Å². The van der Waals surface area contributed by atoms with Crippen molar-refractivity contribution in [3.63, 3.8) is 0 Å². The molecule has 36 heavy (non-hydrogen) atoms. The average molecular weight is 519 g/mol. The Morgan fingerprint density at radius 3 is 2.53 bits per heavy atom. The van der Waals surface area contributed by atoms with Gasteiger partial charge >= 0.3 is 5.97 Å². The maximum Gasteiger partial charge on any atom is 0.311 e. The first-order valence-electron chi connectivity index (χ1n) is 13.6. The zero-order chi connectivity index (χ0) is 26.3. The van der Waals surface area contributed by atoms with Crippen LogP contribution in [0, 0.1) is 17.8 Å². The van der Waals surface area contributed by atoms with E-state index in [1.165, 1.54) is 0 Å². The molecule has 2 amide bonds. The van der Waals surface area contributed by atoms with Gasteiger partial charge < -0.3 is 19.6 Å². The largest absolute Gasteiger partial charge is 0.465 e. The Bertz CT molecular complexity index is 935. The second-order valence-corrected chi connectivity index (χ2v) is 13.1. The lowest BCUT2D eigenvalue weighted by Crippen LogP contribution is -2.59. The van der Waals surface area contributed by atoms with Gasteiger partial charge in [0.1, 0.15) is 6.04 Å². The summed E-state index contributed by atoms with van der Waals surface area (Å²) in [6.07, 6.45) is 12.7. The molecule has 4 aliphatic heterocycles. The first-order chi connectivity index (χ1) is 17.1. The van der Waals surface area contributed by atoms with Crippen LogP contribution in [-0.2, 0) is 19.1 Å². The number of fused-ring (bicyclic) bond motifs is 2. The highest BCUT2D eigenvalue weighted by molar-refractivity contribution is 8.02. The Labute approximate surface area is 219 Å². The normalized spacial score (nSPS) is 37.2. The number of thioether (sulfide) groups is 1. The first-order valence-corrected chi connectivity index (χ1v) is 14.4. The van der Waals surface area contributed by atoms with Gasteiger partial charge in [0.25, 0.3) is 0 Å². The van der Waals surface area contributed by atoms with Crippen molar-refractivity contribution in [2.45, 2.75) is 94.3 Å². The summed E-state index contributed by atoms with van der Waals surface area (Å²) in [5.41, 5.74) is 0. The molecule has 0 radical (unpaired) electrons. The third-order valence-corrected chi connectivity index (χ3v) is 10.3. The molecule has 8 heteroatoms. The molecule has 2 fully saturated rings. The molecule has 1 N–H and O–H groups in total. The summed E-state index contributed by atoms with van der Waals surface area (Å²) in [4.78, 5) is 45.8. The van der Waals surface area contributed by atoms with E-state index in [4.69, 9.17) is 4.74 Å². The van der Waals surface area contributed by atoms with Gasteiger partial charge in [-0.25, -0.2) is 0 Å². The molecule has 0 aliphatic carbocycles. The standard InChI is InChI=1S/C28H42N2O5S/c1-6-12-19(4)29-15-11-14-28-21(24(32)30(23(28)25(29)33)20(17-31)18(2)3)22-26(34)35-16-10-8-7-9-13-27(22,5)36-28/h9,11,13-14,18-23,31H,6-8,10,12,15-17H2,1-5H3/b13-9-/t19?,20-,21-,22+,23?,27-,28-/m0/s1. The smallest absolute Gasteiger partial charge is 0.311 e. The van der Waals surface area contributed by atoms with Crippen molar-refractivity contribution >= 4 is 29.5 Å². The highest BCUT2D eigenvalue weighted by Gasteiger charge is 2.74. The molecule has 7 atom stereocenters. The quantitative estimate of drug-likeness (QED) is 0.427. The predicted molar refractivity (Wildman–Crippen MR) is 141 cm³/mol. The fourth-order valence-electron chi connectivity index (χ4n) is 6.70. The summed E-state index contributed by atoms with van der Waals surface area (Å²) in [5.74, 6) is -2.17. The van der Waals surface area contributed by atoms with Crippen LogP contribution in [0.25, 0.3) is 0 Å². The Hall–Kier alpha value is -1.80. The minimum Gasteiger partial charge on any atom is -0.465 e. The van der Waals surface area contributed by atoms with Crippen LogP contribution in [0.3, 0.4) is 0 Å². The number of amides is 2. The highest BCUT2D eigenvalue weighted by Crippen LogP contribution is 2.65. The summed E-state index contributed by atoms with van der Waals surface area (Å²) in [5, 5.41) is 10.4. The molecule has 1 spiro atoms. The van der Waals surface area contributed by atoms with Crippen LogP contribution in [0.1, 0.15) is 66.7 Å². The van der Waals surface area contributed by atoms with E-state index < -0.39 is 33.4 Å². The first kappa shape index (κ1) is 27.2. The van der Waals surface area contributed by atoms with Gasteiger partial charge in [0.05, 0.1) is 35.8 Å². The third kappa shape index (κ3) is 4.32. The van der Waals surface area contributed by atoms with E-state index in [1.54, 1.807) is 16.7 Å². The number of nitrogens with zero attached hydrogens (tertiary/aromatic N) is 2. The Morgan fingerprint density at radius 1 is 1.11 bits per heavy atom. The number of esters is 1. The summed E-state index contributed by atoms with van der Waals surface area (Å²) >= 11 is 1.57. The molecule has 7 nitrogen and oxygen atoms in total. The number of rotatable bonds is 6. The van der Waals surface area contributed by atoms with Gasteiger partial charge in [-0.3, -0.25) is 14.4 Å². The molecule has 2 saturated heterocycles. The lowest BCUT2D eigenvalue weighted by Gasteiger charge is -2.42. The van der Waals surface area contributed by atoms with Crippen LogP contribution in [0.5, 0.6) is 0 Å². The van der Waals surface area contributed by atoms with E-state index in [0.29, 0.717) is 13.2 Å². The summed E-state index contributed by atoms with van der Waals surface area (Å²) in [6, 6.07) is -1.27. The van der Waals surface area contributed by atoms with E-state index in [0.717, 1.165) is 32.1 Å². The lowest BCUT2D eigenvalue weighted by atomic mass is 9.74. The fourth-order valence-corrected chi connectivity index (χ4v) is 8.84. The van der Waals surface area contributed by atoms with E-state index in [2.05, 4.69) is 26.0 Å². The second kappa shape index (κ2) is 10.5. The van der Waals surface area contributed by atoms with Crippen LogP contribution >= 0.6 is 11.8 Å². The van der Waals surface area contributed by atoms with Crippen LogP contribution < -0.4 is 0 Å². The molecule has 0 aromatic heterocycles. The number of likely N-dealkylation sites (tertiary alicyclic amines) is 1. The molecule has 0 aromatic carbocycles. The zero-order valence-electron chi connectivity index (χ0n) is 22.3. The number of hydrogen-bond acceptors (Lipinski definition) is 6. The van der Waals surface area contributed by atoms with Gasteiger partial charge in [-0.15, -0.1) is 11.8 Å². The van der Waals surface area contributed by atoms with Crippen molar-refractivity contribution in [3.05, 3.63) is 24.3 Å². The molecule has 200 valence electrons. The summed E-state index contributed by atoms with van der Waals surface area (Å²) in [7, 11) is 0. The number of aliphatic hydroxyl groups excluding tert-OH is 1. The number of hydrogen-bond donors (Lipinski definition) is 1. The van der Waals surface area contributed by atoms with Crippen molar-refractivity contribution in [3.8, 4) is 0 Å². The zero-order valence-corrected chi connectivity index (χ0v) is 23.1. The molecule has 0 saturated carbocycles. The van der Waals surface area contributed by atoms with E-state index in [1.807, 2.05) is 37.8 Å². The number of allylic oxidation sites excluding steroid dienone is 1. The SMILES string of the molecule is CCCC(C)N1CC=C[C@]23S[C@@]4(C)/C=C\CCCCOC(=O)[C@H]4[C@H]2C(=O)N([C@@H](CO)C(C)C)C3C1=O. The van der Waals surface area contributed by atoms with Crippen molar-refractivity contribution in [2.24, 2.45) is 17.8 Å². The summed E-state index contributed by atoms with van der Waals surface area (Å²) < 4.78 is 4.13. The maximum absolute atomic E-state index is 14.4. The Balaban J connectivity index is 1.89. The molecule has 2 unspecified atom stereocenters. The van der Waals surface area contributed by atoms with Crippen LogP contribution in [0.2, 0.25) is 0 Å². The second-order valence-electron chi connectivity index (χ2n) is 11.3. The molecule has 4 rings (SSSR count). The van der Waals surface area contributed by atoms with E-state index >= 15 is 0 Å². The van der Waals surface area contributed by atoms with Gasteiger partial charge in [-0.1, -0.05) is 51.5 Å². The Morgan fingerprint density at radius 2 is 1.86 bits per heavy atom. The van der Waals surface area contributed by atoms with Crippen molar-refractivity contribution in [1.82, 2.24) is 9.80 Å². The van der Waals surface area contributed by atoms with E-state index in [9.17, 15) is 19.5 Å². The van der Waals surface area contributed by atoms with Gasteiger partial charge in [0.2, 0.25) is 11.8 Å². The number of carbonyl (C=O) groups excluding carboxylic acids is 3. The minimum absolute atomic E-state index is 0.0254. The predicted octanol–water partition coefficient (Wildman–Crippen LogP) is 3.56. The highest BCUT2D eigenvalue weighted by atomic mass is 32.2. The van der Waals surface area contributed by atoms with Crippen molar-refractivity contribution in [2.75, 3.05) is 19.8 Å². The molecule has 0 aromatic rings. The van der Waals surface area contributed by atoms with Crippen LogP contribution in [-0.4, -0.2) is 80.1 Å². The van der Waals surface area contributed by atoms with Crippen LogP contribution in [0.15, 0.2) is 24.3 Å². The molecule has 4 heterocycles. The van der Waals surface area contributed by atoms with Gasteiger partial charge in [0, 0.05) is 17.3 Å². The number of carbonyl (C=O) groups is 3. The van der Waals surface area contributed by atoms with Gasteiger partial charge in [-0.05, 0) is 45.4 Å². The monoisotopic (exact) mass is 518 g/mol. The van der Waals surface area contributed by atoms with Gasteiger partial charge in [0.15, 0.2) is 0 Å². The molecule has 0 bridgehead atoms. The van der Waals surface area contributed by atoms with E-state index in [-0.39, 0.29) is 36.4 Å².